The van der Waals surface area contributed by atoms with Crippen LogP contribution < -0.4 is 5.32 Å². The standard InChI is InChI=1S/C20H17NO6S/c1-2-26-20(24)18-15(10-16(28-18)13-6-4-3-5-7-13)21-17(22)12-27-19(23)14-8-9-25-11-14/h3-11H,2,12H2,1H3,(H,21,22). The van der Waals surface area contributed by atoms with Crippen LogP contribution in [0.1, 0.15) is 27.0 Å². The summed E-state index contributed by atoms with van der Waals surface area (Å²) in [4.78, 5) is 37.3. The monoisotopic (exact) mass is 399 g/mol. The SMILES string of the molecule is CCOC(=O)c1sc(-c2ccccc2)cc1NC(=O)COC(=O)c1ccoc1. The van der Waals surface area contributed by atoms with Gasteiger partial charge in [-0.2, -0.15) is 0 Å². The molecule has 0 saturated heterocycles. The number of thiophene rings is 1. The molecular weight excluding hydrogens is 382 g/mol. The van der Waals surface area contributed by atoms with Gasteiger partial charge in [0.2, 0.25) is 0 Å². The van der Waals surface area contributed by atoms with Gasteiger partial charge in [-0.1, -0.05) is 30.3 Å². The number of benzene rings is 1. The van der Waals surface area contributed by atoms with E-state index in [-0.39, 0.29) is 17.0 Å². The van der Waals surface area contributed by atoms with Gasteiger partial charge in [-0.15, -0.1) is 11.3 Å². The molecule has 0 unspecified atom stereocenters. The maximum atomic E-state index is 12.3. The fraction of sp³-hybridized carbons (Fsp3) is 0.150. The third-order valence-electron chi connectivity index (χ3n) is 3.62. The summed E-state index contributed by atoms with van der Waals surface area (Å²) in [5, 5.41) is 2.61. The first-order valence-electron chi connectivity index (χ1n) is 8.44. The molecule has 0 aliphatic heterocycles. The Morgan fingerprint density at radius 1 is 1.07 bits per heavy atom. The number of anilines is 1. The quantitative estimate of drug-likeness (QED) is 0.604. The number of hydrogen-bond donors (Lipinski definition) is 1. The highest BCUT2D eigenvalue weighted by Gasteiger charge is 2.20. The molecule has 1 N–H and O–H groups in total. The number of rotatable bonds is 7. The fourth-order valence-corrected chi connectivity index (χ4v) is 3.37. The van der Waals surface area contributed by atoms with Crippen LogP contribution in [0, 0.1) is 0 Å². The van der Waals surface area contributed by atoms with Crippen molar-refractivity contribution in [3.8, 4) is 10.4 Å². The van der Waals surface area contributed by atoms with Crippen molar-refractivity contribution in [1.29, 1.82) is 0 Å². The van der Waals surface area contributed by atoms with Gasteiger partial charge in [0.1, 0.15) is 11.1 Å². The molecule has 7 nitrogen and oxygen atoms in total. The first-order chi connectivity index (χ1) is 13.6. The molecule has 1 aromatic carbocycles. The molecule has 1 amide bonds. The van der Waals surface area contributed by atoms with Crippen molar-refractivity contribution in [2.24, 2.45) is 0 Å². The first kappa shape index (κ1) is 19.4. The van der Waals surface area contributed by atoms with E-state index in [1.54, 1.807) is 13.0 Å². The zero-order valence-corrected chi connectivity index (χ0v) is 15.8. The molecule has 3 aromatic rings. The number of carbonyl (C=O) groups excluding carboxylic acids is 3. The summed E-state index contributed by atoms with van der Waals surface area (Å²) in [5.41, 5.74) is 1.43. The lowest BCUT2D eigenvalue weighted by atomic mass is 10.2. The fourth-order valence-electron chi connectivity index (χ4n) is 2.36. The molecule has 2 aromatic heterocycles. The lowest BCUT2D eigenvalue weighted by Gasteiger charge is -2.06. The number of carbonyl (C=O) groups is 3. The second-order valence-corrected chi connectivity index (χ2v) is 6.63. The maximum absolute atomic E-state index is 12.3. The highest BCUT2D eigenvalue weighted by atomic mass is 32.1. The summed E-state index contributed by atoms with van der Waals surface area (Å²) < 4.78 is 14.8. The Morgan fingerprint density at radius 3 is 2.54 bits per heavy atom. The predicted octanol–water partition coefficient (Wildman–Crippen LogP) is 3.98. The van der Waals surface area contributed by atoms with Crippen LogP contribution in [0.5, 0.6) is 0 Å². The van der Waals surface area contributed by atoms with Crippen LogP contribution >= 0.6 is 11.3 Å². The second kappa shape index (κ2) is 9.01. The lowest BCUT2D eigenvalue weighted by Crippen LogP contribution is -2.21. The van der Waals surface area contributed by atoms with Crippen molar-refractivity contribution >= 4 is 34.9 Å². The lowest BCUT2D eigenvalue weighted by molar-refractivity contribution is -0.119. The van der Waals surface area contributed by atoms with Gasteiger partial charge < -0.3 is 19.2 Å². The first-order valence-corrected chi connectivity index (χ1v) is 9.25. The minimum atomic E-state index is -0.676. The molecule has 0 radical (unpaired) electrons. The highest BCUT2D eigenvalue weighted by Crippen LogP contribution is 2.35. The van der Waals surface area contributed by atoms with Crippen molar-refractivity contribution in [2.75, 3.05) is 18.5 Å². The number of furan rings is 1. The van der Waals surface area contributed by atoms with Crippen LogP contribution in [0.4, 0.5) is 5.69 Å². The summed E-state index contributed by atoms with van der Waals surface area (Å²) >= 11 is 1.22. The topological polar surface area (TPSA) is 94.8 Å². The summed E-state index contributed by atoms with van der Waals surface area (Å²) in [7, 11) is 0. The van der Waals surface area contributed by atoms with Crippen LogP contribution in [0.25, 0.3) is 10.4 Å². The smallest absolute Gasteiger partial charge is 0.350 e. The van der Waals surface area contributed by atoms with E-state index in [4.69, 9.17) is 13.9 Å². The van der Waals surface area contributed by atoms with E-state index < -0.39 is 24.5 Å². The Hall–Kier alpha value is -3.39. The van der Waals surface area contributed by atoms with Crippen LogP contribution in [0.15, 0.2) is 59.4 Å². The van der Waals surface area contributed by atoms with Gasteiger partial charge in [0.05, 0.1) is 24.1 Å². The van der Waals surface area contributed by atoms with Crippen molar-refractivity contribution in [1.82, 2.24) is 0 Å². The minimum absolute atomic E-state index is 0.210. The third kappa shape index (κ3) is 4.66. The Labute approximate surface area is 164 Å². The average molecular weight is 399 g/mol. The van der Waals surface area contributed by atoms with Crippen molar-refractivity contribution < 1.29 is 28.3 Å². The number of amides is 1. The molecule has 0 aliphatic rings. The second-order valence-electron chi connectivity index (χ2n) is 5.58. The van der Waals surface area contributed by atoms with Gasteiger partial charge in [-0.25, -0.2) is 9.59 Å². The summed E-state index contributed by atoms with van der Waals surface area (Å²) in [6.07, 6.45) is 2.56. The van der Waals surface area contributed by atoms with E-state index in [9.17, 15) is 14.4 Å². The molecule has 28 heavy (non-hydrogen) atoms. The third-order valence-corrected chi connectivity index (χ3v) is 4.78. The van der Waals surface area contributed by atoms with Crippen LogP contribution in [-0.2, 0) is 14.3 Å². The van der Waals surface area contributed by atoms with Crippen LogP contribution in [0.3, 0.4) is 0 Å². The summed E-state index contributed by atoms with van der Waals surface area (Å²) in [5.74, 6) is -1.77. The van der Waals surface area contributed by atoms with Gasteiger partial charge in [0.15, 0.2) is 6.61 Å². The van der Waals surface area contributed by atoms with E-state index in [0.29, 0.717) is 5.69 Å². The molecule has 8 heteroatoms. The molecule has 144 valence electrons. The van der Waals surface area contributed by atoms with E-state index in [2.05, 4.69) is 5.32 Å². The molecule has 0 atom stereocenters. The molecular formula is C20H17NO6S. The van der Waals surface area contributed by atoms with Crippen molar-refractivity contribution in [2.45, 2.75) is 6.92 Å². The highest BCUT2D eigenvalue weighted by molar-refractivity contribution is 7.18. The van der Waals surface area contributed by atoms with Gasteiger partial charge in [0, 0.05) is 4.88 Å². The average Bonchev–Trinajstić information content (AvgIpc) is 3.37. The van der Waals surface area contributed by atoms with Gasteiger partial charge in [-0.05, 0) is 24.6 Å². The minimum Gasteiger partial charge on any atom is -0.472 e. The summed E-state index contributed by atoms with van der Waals surface area (Å²) in [6, 6.07) is 12.6. The zero-order chi connectivity index (χ0) is 19.9. The van der Waals surface area contributed by atoms with E-state index >= 15 is 0 Å². The Balaban J connectivity index is 1.73. The van der Waals surface area contributed by atoms with E-state index in [1.165, 1.54) is 29.9 Å². The predicted molar refractivity (Wildman–Crippen MR) is 103 cm³/mol. The zero-order valence-electron chi connectivity index (χ0n) is 15.0. The van der Waals surface area contributed by atoms with Crippen molar-refractivity contribution in [3.63, 3.8) is 0 Å². The number of ether oxygens (including phenoxy) is 2. The molecule has 0 fully saturated rings. The number of esters is 2. The van der Waals surface area contributed by atoms with Crippen LogP contribution in [-0.4, -0.2) is 31.1 Å². The van der Waals surface area contributed by atoms with E-state index in [1.807, 2.05) is 30.3 Å². The van der Waals surface area contributed by atoms with Gasteiger partial charge >= 0.3 is 11.9 Å². The normalized spacial score (nSPS) is 10.3. The van der Waals surface area contributed by atoms with Crippen LogP contribution in [0.2, 0.25) is 0 Å². The van der Waals surface area contributed by atoms with Gasteiger partial charge in [-0.3, -0.25) is 4.79 Å². The summed E-state index contributed by atoms with van der Waals surface area (Å²) in [6.45, 7) is 1.42. The van der Waals surface area contributed by atoms with Crippen molar-refractivity contribution in [3.05, 3.63) is 65.4 Å². The number of hydrogen-bond acceptors (Lipinski definition) is 7. The Bertz CT molecular complexity index is 962. The van der Waals surface area contributed by atoms with Gasteiger partial charge in [0.25, 0.3) is 5.91 Å². The number of nitrogens with one attached hydrogen (secondary N) is 1. The Kier molecular flexibility index (Phi) is 6.23. The molecule has 0 spiro atoms. The maximum Gasteiger partial charge on any atom is 0.350 e. The molecule has 3 rings (SSSR count). The Morgan fingerprint density at radius 2 is 1.86 bits per heavy atom. The molecule has 0 aliphatic carbocycles. The van der Waals surface area contributed by atoms with E-state index in [0.717, 1.165) is 10.4 Å². The largest absolute Gasteiger partial charge is 0.472 e. The molecule has 2 heterocycles. The molecule has 0 bridgehead atoms. The molecule has 0 saturated carbocycles.